The van der Waals surface area contributed by atoms with Gasteiger partial charge < -0.3 is 112 Å². The molecule has 2 rings (SSSR count). The van der Waals surface area contributed by atoms with Gasteiger partial charge in [-0.3, -0.25) is 77.1 Å². The lowest BCUT2D eigenvalue weighted by Crippen LogP contribution is -2.63. The second-order valence-electron chi connectivity index (χ2n) is 30.0. The van der Waals surface area contributed by atoms with Gasteiger partial charge in [-0.05, 0) is 104 Å². The number of nitrogens with one attached hydrogen (secondary N) is 11. The van der Waals surface area contributed by atoms with Crippen molar-refractivity contribution < 1.29 is 92.3 Å². The standard InChI is InChI=1S/C78H127N19O19S/c1-13-44(8)61(94-66(105)50(28-22-33-84-77(80)81)87-65(104)52(32-35-117-12)86-64(103)49(79)30-31-59(99)100)73(112)93-57(41-98)71(110)88-51(29-23-34-85-78(82)83)67(106)95-62(45(9)14-2)74(113)96-63(46(10)15-3)75(114)97(11)58(37-43(6)7)72(111)91-55(40-60(101)102)70(109)90-54(38-47-24-18-16-19-25-47)69(108)89-53(36-42(4)5)68(107)92-56(76(115)116)39-48-26-20-17-21-27-48/h16-21,24-27,42-46,49-58,61-63,98H,13-15,22-23,28-41,79H2,1-12H3,(H,86,103)(H,87,104)(H,88,110)(H,89,108)(H,90,109)(H,91,111)(H,92,107)(H,93,112)(H,94,105)(H,95,106)(H,96,113)(H,99,100)(H,101,102)(H,115,116)(H4,80,81,84)(H4,82,83,85)/t44-,45-,46-,49-,50-,51-,52-,53-,54-,55-,56-,57-,58-,61-,62-,63-/m0/s1. The Kier molecular flexibility index (Phi) is 46.8. The Morgan fingerprint density at radius 3 is 1.23 bits per heavy atom. The van der Waals surface area contributed by atoms with E-state index in [9.17, 15) is 82.4 Å². The molecule has 2 aromatic rings. The van der Waals surface area contributed by atoms with Crippen molar-refractivity contribution in [3.8, 4) is 0 Å². The van der Waals surface area contributed by atoms with Gasteiger partial charge in [0.2, 0.25) is 70.9 Å². The number of aliphatic carboxylic acids is 3. The SMILES string of the molecule is CC[C@H](C)[C@H](NC(=O)[C@H](CCCN=C(N)N)NC(=O)[C@H](CCSC)NC(=O)[C@@H](N)CCC(=O)O)C(=O)N[C@@H](CO)C(=O)N[C@@H](CCCN=C(N)N)C(=O)N[C@H](C(=O)N[C@H](C(=O)N(C)[C@@H](CC(C)C)C(=O)N[C@@H](CC(=O)O)C(=O)N[C@@H](Cc1ccccc1)C(=O)N[C@@H](CC(C)C)C(=O)N[C@@H](Cc1ccccc1)C(=O)O)[C@@H](C)CC)[C@@H](C)CC. The topological polar surface area (TPSA) is 627 Å². The van der Waals surface area contributed by atoms with E-state index in [0.29, 0.717) is 16.9 Å². The molecule has 0 heterocycles. The van der Waals surface area contributed by atoms with Crippen LogP contribution >= 0.6 is 11.8 Å². The van der Waals surface area contributed by atoms with Crippen LogP contribution in [0.25, 0.3) is 0 Å². The Balaban J connectivity index is 2.59. The molecule has 2 aromatic carbocycles. The van der Waals surface area contributed by atoms with Gasteiger partial charge in [0, 0.05) is 39.4 Å². The third-order valence-corrected chi connectivity index (χ3v) is 20.2. The summed E-state index contributed by atoms with van der Waals surface area (Å²) in [6.45, 7) is 15.9. The lowest BCUT2D eigenvalue weighted by atomic mass is 9.93. The van der Waals surface area contributed by atoms with Gasteiger partial charge >= 0.3 is 17.9 Å². The number of hydrogen-bond donors (Lipinski definition) is 20. The van der Waals surface area contributed by atoms with Gasteiger partial charge in [0.05, 0.1) is 19.1 Å². The highest BCUT2D eigenvalue weighted by molar-refractivity contribution is 7.98. The fourth-order valence-corrected chi connectivity index (χ4v) is 12.6. The predicted octanol–water partition coefficient (Wildman–Crippen LogP) is -1.53. The molecule has 12 amide bonds. The first-order valence-electron chi connectivity index (χ1n) is 39.4. The number of rotatable bonds is 56. The van der Waals surface area contributed by atoms with E-state index in [1.54, 1.807) is 136 Å². The summed E-state index contributed by atoms with van der Waals surface area (Å²) >= 11 is 1.34. The summed E-state index contributed by atoms with van der Waals surface area (Å²) in [5.74, 6) is -18.2. The Hall–Kier alpha value is -10.7. The molecule has 0 radical (unpaired) electrons. The number of benzene rings is 2. The second kappa shape index (κ2) is 53.5. The predicted molar refractivity (Wildman–Crippen MR) is 440 cm³/mol. The van der Waals surface area contributed by atoms with Crippen LogP contribution in [-0.2, 0) is 84.8 Å². The van der Waals surface area contributed by atoms with E-state index >= 15 is 4.79 Å². The van der Waals surface area contributed by atoms with E-state index in [-0.39, 0.29) is 120 Å². The van der Waals surface area contributed by atoms with Crippen molar-refractivity contribution in [2.24, 2.45) is 68.2 Å². The molecule has 0 aliphatic heterocycles. The number of aliphatic hydroxyl groups is 1. The number of carboxylic acid groups (broad SMARTS) is 3. The van der Waals surface area contributed by atoms with Crippen LogP contribution < -0.4 is 87.2 Å². The van der Waals surface area contributed by atoms with Crippen molar-refractivity contribution in [1.29, 1.82) is 0 Å². The zero-order chi connectivity index (χ0) is 88.3. The van der Waals surface area contributed by atoms with E-state index in [1.807, 2.05) is 0 Å². The van der Waals surface area contributed by atoms with Crippen molar-refractivity contribution in [1.82, 2.24) is 63.4 Å². The van der Waals surface area contributed by atoms with Crippen LogP contribution in [0.4, 0.5) is 0 Å². The lowest BCUT2D eigenvalue weighted by molar-refractivity contribution is -0.146. The Morgan fingerprint density at radius 1 is 0.427 bits per heavy atom. The number of carboxylic acids is 3. The van der Waals surface area contributed by atoms with E-state index in [0.717, 1.165) is 4.90 Å². The van der Waals surface area contributed by atoms with E-state index in [2.05, 4.69) is 68.5 Å². The van der Waals surface area contributed by atoms with Crippen LogP contribution in [0.5, 0.6) is 0 Å². The fraction of sp³-hybridized carbons (Fsp3) is 0.628. The number of carbonyl (C=O) groups excluding carboxylic acids is 12. The Morgan fingerprint density at radius 2 is 0.795 bits per heavy atom. The number of amides is 12. The summed E-state index contributed by atoms with van der Waals surface area (Å²) in [5.41, 5.74) is 29.3. The molecule has 0 aliphatic carbocycles. The molecule has 0 aliphatic rings. The summed E-state index contributed by atoms with van der Waals surface area (Å²) in [4.78, 5) is 218. The third kappa shape index (κ3) is 37.8. The minimum Gasteiger partial charge on any atom is -0.481 e. The van der Waals surface area contributed by atoms with Gasteiger partial charge in [0.1, 0.15) is 72.5 Å². The minimum atomic E-state index is -1.90. The highest BCUT2D eigenvalue weighted by Crippen LogP contribution is 2.21. The maximum atomic E-state index is 15.1. The normalized spacial score (nSPS) is 15.3. The molecular weight excluding hydrogens is 1540 g/mol. The largest absolute Gasteiger partial charge is 0.481 e. The van der Waals surface area contributed by atoms with Crippen molar-refractivity contribution in [3.63, 3.8) is 0 Å². The third-order valence-electron chi connectivity index (χ3n) is 19.6. The molecule has 16 atom stereocenters. The maximum absolute atomic E-state index is 15.1. The molecule has 39 heteroatoms. The quantitative estimate of drug-likeness (QED) is 0.0203. The van der Waals surface area contributed by atoms with Gasteiger partial charge in [0.25, 0.3) is 0 Å². The van der Waals surface area contributed by atoms with Crippen molar-refractivity contribution in [2.75, 3.05) is 38.8 Å². The molecular formula is C78H127N19O19S. The molecule has 0 spiro atoms. The molecule has 0 saturated heterocycles. The summed E-state index contributed by atoms with van der Waals surface area (Å²) in [7, 11) is 1.28. The lowest BCUT2D eigenvalue weighted by Gasteiger charge is -2.35. The van der Waals surface area contributed by atoms with Crippen LogP contribution in [0.15, 0.2) is 70.6 Å². The van der Waals surface area contributed by atoms with Crippen LogP contribution in [0.3, 0.4) is 0 Å². The Labute approximate surface area is 688 Å². The van der Waals surface area contributed by atoms with Crippen LogP contribution in [0.1, 0.15) is 164 Å². The number of hydrogen-bond acceptors (Lipinski definition) is 20. The van der Waals surface area contributed by atoms with Crippen LogP contribution in [0, 0.1) is 29.6 Å². The number of likely N-dealkylation sites (N-methyl/N-ethyl adjacent to an activating group) is 1. The van der Waals surface area contributed by atoms with Crippen molar-refractivity contribution in [2.45, 2.75) is 244 Å². The number of guanidine groups is 2. The number of nitrogens with zero attached hydrogens (tertiary/aromatic N) is 3. The molecule has 25 N–H and O–H groups in total. The van der Waals surface area contributed by atoms with Gasteiger partial charge in [0.15, 0.2) is 11.9 Å². The zero-order valence-corrected chi connectivity index (χ0v) is 70.0. The number of nitrogens with two attached hydrogens (primary N) is 5. The second-order valence-corrected chi connectivity index (χ2v) is 31.0. The average molecular weight is 1670 g/mol. The highest BCUT2D eigenvalue weighted by Gasteiger charge is 2.42. The number of thioether (sulfide) groups is 1. The molecule has 0 fully saturated rings. The summed E-state index contributed by atoms with van der Waals surface area (Å²) < 4.78 is 0. The number of aliphatic imine (C=N–C) groups is 2. The van der Waals surface area contributed by atoms with E-state index < -0.39 is 205 Å². The summed E-state index contributed by atoms with van der Waals surface area (Å²) in [5, 5.41) is 68.8. The number of carbonyl (C=O) groups is 15. The smallest absolute Gasteiger partial charge is 0.326 e. The minimum absolute atomic E-state index is 0.000871. The molecule has 0 unspecified atom stereocenters. The summed E-state index contributed by atoms with van der Waals surface area (Å²) in [6, 6.07) is -2.44. The van der Waals surface area contributed by atoms with Crippen molar-refractivity contribution in [3.05, 3.63) is 71.8 Å². The van der Waals surface area contributed by atoms with Crippen LogP contribution in [0.2, 0.25) is 0 Å². The first-order valence-corrected chi connectivity index (χ1v) is 40.8. The Bertz CT molecular complexity index is 3650. The monoisotopic (exact) mass is 1670 g/mol. The first kappa shape index (κ1) is 102. The van der Waals surface area contributed by atoms with Crippen LogP contribution in [-0.4, -0.2) is 243 Å². The molecule has 654 valence electrons. The average Bonchev–Trinajstić information content (AvgIpc) is 0.816. The fourth-order valence-electron chi connectivity index (χ4n) is 12.1. The molecule has 0 aromatic heterocycles. The van der Waals surface area contributed by atoms with E-state index in [1.165, 1.54) is 18.8 Å². The first-order chi connectivity index (χ1) is 55.1. The molecule has 117 heavy (non-hydrogen) atoms. The van der Waals surface area contributed by atoms with Crippen molar-refractivity contribution >= 4 is 112 Å². The molecule has 0 saturated carbocycles. The zero-order valence-electron chi connectivity index (χ0n) is 69.2. The molecule has 0 bridgehead atoms. The summed E-state index contributed by atoms with van der Waals surface area (Å²) in [6.07, 6.45) is 0.264. The van der Waals surface area contributed by atoms with Gasteiger partial charge in [-0.25, -0.2) is 4.79 Å². The van der Waals surface area contributed by atoms with Gasteiger partial charge in [-0.1, -0.05) is 149 Å². The highest BCUT2D eigenvalue weighted by atomic mass is 32.2. The van der Waals surface area contributed by atoms with Gasteiger partial charge in [-0.15, -0.1) is 0 Å². The molecule has 38 nitrogen and oxygen atoms in total. The number of aliphatic hydroxyl groups excluding tert-OH is 1. The maximum Gasteiger partial charge on any atom is 0.326 e. The van der Waals surface area contributed by atoms with E-state index in [4.69, 9.17) is 33.8 Å². The van der Waals surface area contributed by atoms with Gasteiger partial charge in [-0.2, -0.15) is 11.8 Å².